The Bertz CT molecular complexity index is 1010. The standard InChI is InChI=1S/C23H22FNO3S/c1-3-28-23(27)20-13(2)25-17-11-15(19-5-4-10-29-19)12-18(26)22(17)21(20)14-6-8-16(24)9-7-14/h4-10,15,21,25H,3,11-12H2,1-2H3/t15-,21-/m0/s1. The first kappa shape index (κ1) is 19.6. The van der Waals surface area contributed by atoms with Gasteiger partial charge in [0.15, 0.2) is 5.78 Å². The second-order valence-corrected chi connectivity index (χ2v) is 8.28. The van der Waals surface area contributed by atoms with Gasteiger partial charge in [0, 0.05) is 40.1 Å². The van der Waals surface area contributed by atoms with Crippen LogP contribution in [-0.2, 0) is 14.3 Å². The summed E-state index contributed by atoms with van der Waals surface area (Å²) in [6.07, 6.45) is 1.10. The van der Waals surface area contributed by atoms with Crippen molar-refractivity contribution < 1.29 is 18.7 Å². The predicted octanol–water partition coefficient (Wildman–Crippen LogP) is 4.81. The molecule has 0 saturated carbocycles. The molecule has 1 aromatic heterocycles. The zero-order chi connectivity index (χ0) is 20.5. The Morgan fingerprint density at radius 1 is 1.24 bits per heavy atom. The van der Waals surface area contributed by atoms with Crippen LogP contribution in [0.3, 0.4) is 0 Å². The van der Waals surface area contributed by atoms with E-state index in [2.05, 4.69) is 11.4 Å². The summed E-state index contributed by atoms with van der Waals surface area (Å²) in [5.41, 5.74) is 3.25. The van der Waals surface area contributed by atoms with Crippen LogP contribution in [0, 0.1) is 5.82 Å². The minimum Gasteiger partial charge on any atom is -0.463 e. The molecule has 0 radical (unpaired) electrons. The van der Waals surface area contributed by atoms with Crippen molar-refractivity contribution in [3.63, 3.8) is 0 Å². The molecule has 6 heteroatoms. The molecule has 1 aromatic carbocycles. The number of Topliss-reactive ketones (excluding diaryl/α,β-unsaturated/α-hetero) is 1. The third kappa shape index (κ3) is 3.65. The average molecular weight is 411 g/mol. The molecule has 0 bridgehead atoms. The summed E-state index contributed by atoms with van der Waals surface area (Å²) >= 11 is 1.65. The van der Waals surface area contributed by atoms with E-state index in [-0.39, 0.29) is 24.1 Å². The number of allylic oxidation sites excluding steroid dienone is 3. The van der Waals surface area contributed by atoms with Crippen molar-refractivity contribution in [3.8, 4) is 0 Å². The topological polar surface area (TPSA) is 55.4 Å². The Kier molecular flexibility index (Phi) is 5.37. The van der Waals surface area contributed by atoms with Gasteiger partial charge in [-0.2, -0.15) is 0 Å². The van der Waals surface area contributed by atoms with Crippen molar-refractivity contribution in [2.24, 2.45) is 0 Å². The van der Waals surface area contributed by atoms with Crippen molar-refractivity contribution in [2.75, 3.05) is 6.61 Å². The van der Waals surface area contributed by atoms with Crippen LogP contribution in [0.2, 0.25) is 0 Å². The molecule has 0 spiro atoms. The first-order valence-electron chi connectivity index (χ1n) is 9.69. The molecule has 1 N–H and O–H groups in total. The van der Waals surface area contributed by atoms with Crippen LogP contribution in [-0.4, -0.2) is 18.4 Å². The number of hydrogen-bond acceptors (Lipinski definition) is 5. The number of halogens is 1. The predicted molar refractivity (Wildman–Crippen MR) is 110 cm³/mol. The van der Waals surface area contributed by atoms with Crippen LogP contribution < -0.4 is 5.32 Å². The minimum atomic E-state index is -0.553. The molecule has 4 nitrogen and oxygen atoms in total. The fourth-order valence-electron chi connectivity index (χ4n) is 4.23. The number of esters is 1. The summed E-state index contributed by atoms with van der Waals surface area (Å²) in [7, 11) is 0. The lowest BCUT2D eigenvalue weighted by atomic mass is 9.72. The average Bonchev–Trinajstić information content (AvgIpc) is 3.22. The molecule has 2 aliphatic rings. The molecule has 1 aliphatic heterocycles. The highest BCUT2D eigenvalue weighted by Gasteiger charge is 2.41. The van der Waals surface area contributed by atoms with Gasteiger partial charge < -0.3 is 10.1 Å². The summed E-state index contributed by atoms with van der Waals surface area (Å²) in [6, 6.07) is 10.0. The monoisotopic (exact) mass is 411 g/mol. The van der Waals surface area contributed by atoms with E-state index in [1.54, 1.807) is 30.4 Å². The number of ketones is 1. The zero-order valence-corrected chi connectivity index (χ0v) is 17.1. The lowest BCUT2D eigenvalue weighted by Crippen LogP contribution is -2.36. The molecule has 2 aromatic rings. The molecule has 150 valence electrons. The molecular formula is C23H22FNO3S. The largest absolute Gasteiger partial charge is 0.463 e. The van der Waals surface area contributed by atoms with E-state index in [4.69, 9.17) is 4.74 Å². The number of carbonyl (C=O) groups excluding carboxylic acids is 2. The fraction of sp³-hybridized carbons (Fsp3) is 0.304. The summed E-state index contributed by atoms with van der Waals surface area (Å²) in [5.74, 6) is -1.22. The molecule has 0 amide bonds. The fourth-order valence-corrected chi connectivity index (χ4v) is 5.06. The number of ether oxygens (including phenoxy) is 1. The Morgan fingerprint density at radius 3 is 2.66 bits per heavy atom. The van der Waals surface area contributed by atoms with Gasteiger partial charge in [-0.15, -0.1) is 11.3 Å². The van der Waals surface area contributed by atoms with Gasteiger partial charge in [-0.1, -0.05) is 18.2 Å². The molecular weight excluding hydrogens is 389 g/mol. The summed E-state index contributed by atoms with van der Waals surface area (Å²) in [6.45, 7) is 3.82. The second kappa shape index (κ2) is 7.95. The van der Waals surface area contributed by atoms with Gasteiger partial charge in [-0.25, -0.2) is 9.18 Å². The van der Waals surface area contributed by atoms with Gasteiger partial charge in [0.1, 0.15) is 5.82 Å². The lowest BCUT2D eigenvalue weighted by molar-refractivity contribution is -0.138. The van der Waals surface area contributed by atoms with E-state index < -0.39 is 11.9 Å². The summed E-state index contributed by atoms with van der Waals surface area (Å²) < 4.78 is 18.8. The van der Waals surface area contributed by atoms with Crippen molar-refractivity contribution in [2.45, 2.75) is 38.5 Å². The molecule has 2 atom stereocenters. The van der Waals surface area contributed by atoms with Gasteiger partial charge in [0.05, 0.1) is 12.2 Å². The van der Waals surface area contributed by atoms with Gasteiger partial charge in [-0.05, 0) is 49.4 Å². The third-order valence-corrected chi connectivity index (χ3v) is 6.51. The van der Waals surface area contributed by atoms with E-state index in [1.165, 1.54) is 17.0 Å². The van der Waals surface area contributed by atoms with Crippen LogP contribution in [0.1, 0.15) is 49.0 Å². The Balaban J connectivity index is 1.81. The van der Waals surface area contributed by atoms with Gasteiger partial charge in [-0.3, -0.25) is 4.79 Å². The van der Waals surface area contributed by atoms with Crippen molar-refractivity contribution >= 4 is 23.1 Å². The molecule has 29 heavy (non-hydrogen) atoms. The molecule has 4 rings (SSSR count). The van der Waals surface area contributed by atoms with Gasteiger partial charge >= 0.3 is 5.97 Å². The molecule has 0 fully saturated rings. The molecule has 1 aliphatic carbocycles. The molecule has 0 unspecified atom stereocenters. The van der Waals surface area contributed by atoms with Crippen LogP contribution >= 0.6 is 11.3 Å². The summed E-state index contributed by atoms with van der Waals surface area (Å²) in [4.78, 5) is 27.2. The number of thiophene rings is 1. The number of benzene rings is 1. The Hall–Kier alpha value is -2.73. The maximum atomic E-state index is 13.5. The van der Waals surface area contributed by atoms with Gasteiger partial charge in [0.2, 0.25) is 0 Å². The van der Waals surface area contributed by atoms with Crippen LogP contribution in [0.4, 0.5) is 4.39 Å². The Morgan fingerprint density at radius 2 is 2.00 bits per heavy atom. The van der Waals surface area contributed by atoms with E-state index in [0.717, 1.165) is 5.70 Å². The van der Waals surface area contributed by atoms with E-state index in [1.807, 2.05) is 18.4 Å². The van der Waals surface area contributed by atoms with E-state index >= 15 is 0 Å². The number of carbonyl (C=O) groups is 2. The second-order valence-electron chi connectivity index (χ2n) is 7.30. The first-order chi connectivity index (χ1) is 14.0. The first-order valence-corrected chi connectivity index (χ1v) is 10.6. The number of hydrogen-bond donors (Lipinski definition) is 1. The molecule has 0 saturated heterocycles. The maximum Gasteiger partial charge on any atom is 0.336 e. The summed E-state index contributed by atoms with van der Waals surface area (Å²) in [5, 5.41) is 5.33. The number of dihydropyridines is 1. The highest BCUT2D eigenvalue weighted by molar-refractivity contribution is 7.10. The lowest BCUT2D eigenvalue weighted by Gasteiger charge is -2.36. The van der Waals surface area contributed by atoms with Crippen LogP contribution in [0.5, 0.6) is 0 Å². The maximum absolute atomic E-state index is 13.5. The van der Waals surface area contributed by atoms with E-state index in [0.29, 0.717) is 35.2 Å². The van der Waals surface area contributed by atoms with Gasteiger partial charge in [0.25, 0.3) is 0 Å². The highest BCUT2D eigenvalue weighted by Crippen LogP contribution is 2.46. The van der Waals surface area contributed by atoms with Crippen LogP contribution in [0.25, 0.3) is 0 Å². The van der Waals surface area contributed by atoms with Crippen molar-refractivity contribution in [1.82, 2.24) is 5.32 Å². The zero-order valence-electron chi connectivity index (χ0n) is 16.3. The third-order valence-electron chi connectivity index (χ3n) is 5.47. The van der Waals surface area contributed by atoms with Crippen molar-refractivity contribution in [1.29, 1.82) is 0 Å². The highest BCUT2D eigenvalue weighted by atomic mass is 32.1. The smallest absolute Gasteiger partial charge is 0.336 e. The normalized spacial score (nSPS) is 21.7. The minimum absolute atomic E-state index is 0.0146. The molecule has 2 heterocycles. The van der Waals surface area contributed by atoms with E-state index in [9.17, 15) is 14.0 Å². The quantitative estimate of drug-likeness (QED) is 0.734. The SMILES string of the molecule is CCOC(=O)C1=C(C)NC2=C(C(=O)C[C@@H](c3cccs3)C2)[C@H]1c1ccc(F)cc1. The Labute approximate surface area is 173 Å². The van der Waals surface area contributed by atoms with Crippen LogP contribution in [0.15, 0.2) is 64.3 Å². The van der Waals surface area contributed by atoms with Crippen molar-refractivity contribution in [3.05, 3.63) is 80.6 Å². The number of nitrogens with one attached hydrogen (secondary N) is 1. The number of rotatable bonds is 4.